The molecule has 0 heterocycles. The molecule has 0 aliphatic rings. The normalized spacial score (nSPS) is 0.857. The maximum Gasteiger partial charge on any atom is 1.00 e. The van der Waals surface area contributed by atoms with Crippen LogP contribution in [0.1, 0.15) is 0 Å². The van der Waals surface area contributed by atoms with Crippen LogP contribution >= 0.6 is 0 Å². The molecule has 0 saturated carbocycles. The standard InChI is InChI=1S/6CN.Co.K/c6*1-2;;/q6*-1;;+1. The first kappa shape index (κ1) is 73.9. The fourth-order valence-corrected chi connectivity index (χ4v) is 0. The van der Waals surface area contributed by atoms with Gasteiger partial charge in [0.2, 0.25) is 0 Å². The molecular weight excluding hydrogens is 254 g/mol. The first-order chi connectivity index (χ1) is 6.00. The molecule has 0 spiro atoms. The Hall–Kier alpha value is -0.917. The second-order valence-corrected chi connectivity index (χ2v) is 0. The van der Waals surface area contributed by atoms with E-state index in [1.165, 1.54) is 0 Å². The summed E-state index contributed by atoms with van der Waals surface area (Å²) in [5, 5.41) is 37.5. The van der Waals surface area contributed by atoms with Crippen LogP contribution in [0.15, 0.2) is 0 Å². The zero-order valence-electron chi connectivity index (χ0n) is 7.02. The van der Waals surface area contributed by atoms with E-state index in [0.717, 1.165) is 0 Å². The van der Waals surface area contributed by atoms with Crippen molar-refractivity contribution in [2.45, 2.75) is 0 Å². The second kappa shape index (κ2) is 1760. The second-order valence-electron chi connectivity index (χ2n) is 0. The van der Waals surface area contributed by atoms with Gasteiger partial charge in [0.15, 0.2) is 0 Å². The first-order valence-corrected chi connectivity index (χ1v) is 1.34. The van der Waals surface area contributed by atoms with Gasteiger partial charge in [-0.05, 0) is 0 Å². The Morgan fingerprint density at radius 2 is 0.357 bits per heavy atom. The Balaban J connectivity index is -0.00000000500. The molecule has 0 aliphatic carbocycles. The summed E-state index contributed by atoms with van der Waals surface area (Å²) in [5.74, 6) is 0. The molecule has 0 amide bonds. The van der Waals surface area contributed by atoms with Crippen molar-refractivity contribution in [1.29, 1.82) is 31.6 Å². The van der Waals surface area contributed by atoms with Crippen LogP contribution in [0.3, 0.4) is 0 Å². The van der Waals surface area contributed by atoms with Gasteiger partial charge in [0, 0.05) is 16.8 Å². The molecule has 6 nitrogen and oxygen atoms in total. The van der Waals surface area contributed by atoms with Crippen molar-refractivity contribution in [3.05, 3.63) is 39.4 Å². The minimum absolute atomic E-state index is 0. The average molecular weight is 254 g/mol. The summed E-state index contributed by atoms with van der Waals surface area (Å²) in [6, 6.07) is 0. The maximum absolute atomic E-state index is 6.25. The van der Waals surface area contributed by atoms with E-state index >= 15 is 0 Å². The molecule has 0 bridgehead atoms. The number of rotatable bonds is 0. The van der Waals surface area contributed by atoms with Gasteiger partial charge in [-0.3, -0.25) is 0 Å². The van der Waals surface area contributed by atoms with E-state index in [9.17, 15) is 0 Å². The molecule has 14 heavy (non-hydrogen) atoms. The fourth-order valence-electron chi connectivity index (χ4n) is 0. The Morgan fingerprint density at radius 3 is 0.357 bits per heavy atom. The van der Waals surface area contributed by atoms with Crippen molar-refractivity contribution in [3.63, 3.8) is 0 Å². The van der Waals surface area contributed by atoms with E-state index in [-0.39, 0.29) is 68.2 Å². The van der Waals surface area contributed by atoms with Gasteiger partial charge in [0.05, 0.1) is 0 Å². The van der Waals surface area contributed by atoms with E-state index in [1.807, 2.05) is 0 Å². The maximum atomic E-state index is 6.25. The third-order valence-corrected chi connectivity index (χ3v) is 0. The van der Waals surface area contributed by atoms with Gasteiger partial charge in [-0.25, -0.2) is 0 Å². The topological polar surface area (TPSA) is 143 Å². The van der Waals surface area contributed by atoms with Crippen LogP contribution in [0.25, 0.3) is 0 Å². The van der Waals surface area contributed by atoms with E-state index in [4.69, 9.17) is 71.0 Å². The van der Waals surface area contributed by atoms with Crippen molar-refractivity contribution in [2.75, 3.05) is 0 Å². The molecular formula is C6CoKN6-5. The summed E-state index contributed by atoms with van der Waals surface area (Å²) in [6.45, 7) is 28.5. The minimum Gasteiger partial charge on any atom is -0.512 e. The predicted octanol–water partition coefficient (Wildman–Crippen LogP) is -2.42. The molecule has 0 unspecified atom stereocenters. The first-order valence-electron chi connectivity index (χ1n) is 1.34. The van der Waals surface area contributed by atoms with Gasteiger partial charge in [-0.15, -0.1) is 0 Å². The van der Waals surface area contributed by atoms with Crippen LogP contribution in [-0.4, -0.2) is 0 Å². The molecule has 0 aromatic rings. The van der Waals surface area contributed by atoms with Gasteiger partial charge >= 0.3 is 51.4 Å². The van der Waals surface area contributed by atoms with Crippen molar-refractivity contribution < 1.29 is 68.2 Å². The zero-order valence-corrected chi connectivity index (χ0v) is 11.2. The summed E-state index contributed by atoms with van der Waals surface area (Å²) in [5.41, 5.74) is 0. The van der Waals surface area contributed by atoms with E-state index < -0.39 is 0 Å². The third-order valence-electron chi connectivity index (χ3n) is 0. The van der Waals surface area contributed by atoms with Crippen molar-refractivity contribution in [3.8, 4) is 0 Å². The van der Waals surface area contributed by atoms with Gasteiger partial charge in [-0.2, -0.15) is 0 Å². The van der Waals surface area contributed by atoms with E-state index in [0.29, 0.717) is 0 Å². The van der Waals surface area contributed by atoms with Gasteiger partial charge < -0.3 is 71.0 Å². The number of hydrogen-bond acceptors (Lipinski definition) is 6. The smallest absolute Gasteiger partial charge is 0.512 e. The molecule has 8 heteroatoms. The molecule has 1 radical (unpaired) electrons. The fraction of sp³-hybridized carbons (Fsp3) is 0. The Bertz CT molecular complexity index is 97.3. The average Bonchev–Trinajstić information content (AvgIpc) is 2.33. The van der Waals surface area contributed by atoms with Crippen LogP contribution < -0.4 is 51.4 Å². The van der Waals surface area contributed by atoms with Gasteiger partial charge in [0.1, 0.15) is 0 Å². The monoisotopic (exact) mass is 254 g/mol. The molecule has 0 N–H and O–H groups in total. The molecule has 0 saturated heterocycles. The van der Waals surface area contributed by atoms with Crippen molar-refractivity contribution in [2.24, 2.45) is 0 Å². The van der Waals surface area contributed by atoms with Crippen LogP contribution in [-0.2, 0) is 16.8 Å². The van der Waals surface area contributed by atoms with Crippen LogP contribution in [0.5, 0.6) is 0 Å². The molecule has 0 aliphatic heterocycles. The molecule has 0 atom stereocenters. The summed E-state index contributed by atoms with van der Waals surface area (Å²) < 4.78 is 0. The quantitative estimate of drug-likeness (QED) is 0.347. The van der Waals surface area contributed by atoms with Gasteiger partial charge in [0.25, 0.3) is 0 Å². The summed E-state index contributed by atoms with van der Waals surface area (Å²) in [6.07, 6.45) is 0. The summed E-state index contributed by atoms with van der Waals surface area (Å²) in [7, 11) is 0. The minimum atomic E-state index is 0. The van der Waals surface area contributed by atoms with Gasteiger partial charge in [-0.1, -0.05) is 0 Å². The SMILES string of the molecule is [C-]#N.[C-]#N.[C-]#N.[C-]#N.[C-]#N.[C-]#N.[Co].[K+]. The van der Waals surface area contributed by atoms with Crippen molar-refractivity contribution >= 4 is 0 Å². The van der Waals surface area contributed by atoms with Crippen LogP contribution in [0.2, 0.25) is 0 Å². The molecule has 0 aromatic heterocycles. The van der Waals surface area contributed by atoms with Crippen molar-refractivity contribution in [1.82, 2.24) is 0 Å². The Kier molecular flexibility index (Phi) is 9320. The van der Waals surface area contributed by atoms with E-state index in [1.54, 1.807) is 0 Å². The van der Waals surface area contributed by atoms with Crippen LogP contribution in [0, 0.1) is 71.0 Å². The molecule has 0 rings (SSSR count). The van der Waals surface area contributed by atoms with Crippen LogP contribution in [0.4, 0.5) is 0 Å². The predicted molar refractivity (Wildman–Crippen MR) is 29.8 cm³/mol. The summed E-state index contributed by atoms with van der Waals surface area (Å²) in [4.78, 5) is 0. The Labute approximate surface area is 137 Å². The van der Waals surface area contributed by atoms with E-state index in [2.05, 4.69) is 0 Å². The largest absolute Gasteiger partial charge is 1.00 e. The molecule has 69 valence electrons. The number of hydrogen-bond donors (Lipinski definition) is 0. The zero-order chi connectivity index (χ0) is 12.0. The number of nitrogens with zero attached hydrogens (tertiary/aromatic N) is 6. The molecule has 0 aromatic carbocycles. The third kappa shape index (κ3) is 1340. The Morgan fingerprint density at radius 1 is 0.357 bits per heavy atom. The molecule has 0 fully saturated rings. The summed E-state index contributed by atoms with van der Waals surface area (Å²) >= 11 is 0.